The van der Waals surface area contributed by atoms with E-state index in [1.54, 1.807) is 4.90 Å². The van der Waals surface area contributed by atoms with Crippen molar-refractivity contribution in [1.82, 2.24) is 5.32 Å². The summed E-state index contributed by atoms with van der Waals surface area (Å²) >= 11 is 1.52. The van der Waals surface area contributed by atoms with E-state index in [0.717, 1.165) is 26.9 Å². The van der Waals surface area contributed by atoms with Crippen LogP contribution in [-0.2, 0) is 16.1 Å². The van der Waals surface area contributed by atoms with Gasteiger partial charge in [0.05, 0.1) is 11.4 Å². The zero-order valence-corrected chi connectivity index (χ0v) is 15.0. The van der Waals surface area contributed by atoms with Gasteiger partial charge >= 0.3 is 0 Å². The molecule has 0 unspecified atom stereocenters. The summed E-state index contributed by atoms with van der Waals surface area (Å²) < 4.78 is 0. The third-order valence-corrected chi connectivity index (χ3v) is 5.51. The third-order valence-electron chi connectivity index (χ3n) is 4.47. The first-order valence-corrected chi connectivity index (χ1v) is 9.46. The van der Waals surface area contributed by atoms with Gasteiger partial charge in [-0.15, -0.1) is 11.8 Å². The first-order valence-electron chi connectivity index (χ1n) is 8.48. The van der Waals surface area contributed by atoms with Crippen LogP contribution in [0.25, 0.3) is 10.8 Å². The Morgan fingerprint density at radius 3 is 2.69 bits per heavy atom. The van der Waals surface area contributed by atoms with Gasteiger partial charge < -0.3 is 10.2 Å². The van der Waals surface area contributed by atoms with Crippen molar-refractivity contribution in [2.24, 2.45) is 0 Å². The van der Waals surface area contributed by atoms with Gasteiger partial charge in [-0.3, -0.25) is 9.59 Å². The molecule has 26 heavy (non-hydrogen) atoms. The van der Waals surface area contributed by atoms with Gasteiger partial charge in [0.25, 0.3) is 0 Å². The van der Waals surface area contributed by atoms with E-state index < -0.39 is 0 Å². The fourth-order valence-corrected chi connectivity index (χ4v) is 4.10. The molecule has 5 heteroatoms. The maximum atomic E-state index is 12.5. The van der Waals surface area contributed by atoms with E-state index in [-0.39, 0.29) is 18.4 Å². The van der Waals surface area contributed by atoms with Crippen LogP contribution in [0.1, 0.15) is 5.56 Å². The Morgan fingerprint density at radius 2 is 1.77 bits per heavy atom. The number of para-hydroxylation sites is 1. The van der Waals surface area contributed by atoms with Crippen molar-refractivity contribution in [2.75, 3.05) is 17.2 Å². The molecular formula is C21H18N2O2S. The van der Waals surface area contributed by atoms with Crippen LogP contribution in [0.15, 0.2) is 71.6 Å². The van der Waals surface area contributed by atoms with Crippen LogP contribution >= 0.6 is 11.8 Å². The molecule has 1 aliphatic rings. The van der Waals surface area contributed by atoms with Crippen LogP contribution in [0.4, 0.5) is 5.69 Å². The SMILES string of the molecule is O=C(CN1C(=O)CSc2ccccc21)NCc1cccc2ccccc12. The minimum Gasteiger partial charge on any atom is -0.350 e. The number of fused-ring (bicyclic) bond motifs is 2. The van der Waals surface area contributed by atoms with E-state index in [2.05, 4.69) is 23.5 Å². The quantitative estimate of drug-likeness (QED) is 0.772. The van der Waals surface area contributed by atoms with Gasteiger partial charge in [-0.2, -0.15) is 0 Å². The number of hydrogen-bond donors (Lipinski definition) is 1. The third kappa shape index (κ3) is 3.30. The van der Waals surface area contributed by atoms with Crippen molar-refractivity contribution in [3.63, 3.8) is 0 Å². The maximum Gasteiger partial charge on any atom is 0.240 e. The van der Waals surface area contributed by atoms with Crippen molar-refractivity contribution in [3.8, 4) is 0 Å². The molecule has 130 valence electrons. The Balaban J connectivity index is 1.47. The van der Waals surface area contributed by atoms with Crippen LogP contribution in [0, 0.1) is 0 Å². The van der Waals surface area contributed by atoms with E-state index in [4.69, 9.17) is 0 Å². The highest BCUT2D eigenvalue weighted by molar-refractivity contribution is 8.00. The largest absolute Gasteiger partial charge is 0.350 e. The molecule has 3 aromatic rings. The first kappa shape index (κ1) is 16.7. The molecule has 4 nitrogen and oxygen atoms in total. The monoisotopic (exact) mass is 362 g/mol. The Hall–Kier alpha value is -2.79. The van der Waals surface area contributed by atoms with Crippen LogP contribution in [0.2, 0.25) is 0 Å². The number of amides is 2. The van der Waals surface area contributed by atoms with Gasteiger partial charge in [0.1, 0.15) is 6.54 Å². The summed E-state index contributed by atoms with van der Waals surface area (Å²) in [5.74, 6) is 0.176. The van der Waals surface area contributed by atoms with Crippen LogP contribution < -0.4 is 10.2 Å². The number of anilines is 1. The van der Waals surface area contributed by atoms with Gasteiger partial charge in [-0.25, -0.2) is 0 Å². The minimum absolute atomic E-state index is 0.0333. The summed E-state index contributed by atoms with van der Waals surface area (Å²) in [6, 6.07) is 21.9. The van der Waals surface area contributed by atoms with E-state index in [1.807, 2.05) is 48.5 Å². The lowest BCUT2D eigenvalue weighted by atomic mass is 10.0. The fourth-order valence-electron chi connectivity index (χ4n) is 3.17. The number of nitrogens with one attached hydrogen (secondary N) is 1. The smallest absolute Gasteiger partial charge is 0.240 e. The molecular weight excluding hydrogens is 344 g/mol. The molecule has 0 atom stereocenters. The highest BCUT2D eigenvalue weighted by atomic mass is 32.2. The number of benzene rings is 3. The Kier molecular flexibility index (Phi) is 4.63. The van der Waals surface area contributed by atoms with E-state index in [1.165, 1.54) is 11.8 Å². The maximum absolute atomic E-state index is 12.5. The van der Waals surface area contributed by atoms with Gasteiger partial charge in [0, 0.05) is 11.4 Å². The molecule has 1 aliphatic heterocycles. The van der Waals surface area contributed by atoms with Crippen LogP contribution in [-0.4, -0.2) is 24.1 Å². The molecule has 0 aliphatic carbocycles. The zero-order chi connectivity index (χ0) is 17.9. The predicted octanol–water partition coefficient (Wildman–Crippen LogP) is 3.59. The Morgan fingerprint density at radius 1 is 1.00 bits per heavy atom. The highest BCUT2D eigenvalue weighted by Gasteiger charge is 2.26. The Labute approximate surface area is 156 Å². The highest BCUT2D eigenvalue weighted by Crippen LogP contribution is 2.34. The standard InChI is InChI=1S/C21H18N2O2S/c24-20(13-23-18-10-3-4-11-19(18)26-14-21(23)25)22-12-16-8-5-7-15-6-1-2-9-17(15)16/h1-11H,12-14H2,(H,22,24). The van der Waals surface area contributed by atoms with Gasteiger partial charge in [-0.1, -0.05) is 54.6 Å². The zero-order valence-electron chi connectivity index (χ0n) is 14.1. The molecule has 3 aromatic carbocycles. The van der Waals surface area contributed by atoms with Crippen LogP contribution in [0.3, 0.4) is 0 Å². The second-order valence-electron chi connectivity index (χ2n) is 6.15. The average Bonchev–Trinajstić information content (AvgIpc) is 2.68. The summed E-state index contributed by atoms with van der Waals surface area (Å²) in [6.45, 7) is 0.486. The van der Waals surface area contributed by atoms with E-state index in [0.29, 0.717) is 12.3 Å². The van der Waals surface area contributed by atoms with Gasteiger partial charge in [0.15, 0.2) is 0 Å². The normalized spacial score (nSPS) is 13.5. The molecule has 0 bridgehead atoms. The number of nitrogens with zero attached hydrogens (tertiary/aromatic N) is 1. The van der Waals surface area contributed by atoms with Crippen molar-refractivity contribution in [2.45, 2.75) is 11.4 Å². The minimum atomic E-state index is -0.159. The number of rotatable bonds is 4. The van der Waals surface area contributed by atoms with Gasteiger partial charge in [0.2, 0.25) is 11.8 Å². The Bertz CT molecular complexity index is 981. The molecule has 4 rings (SSSR count). The van der Waals surface area contributed by atoms with Gasteiger partial charge in [-0.05, 0) is 28.5 Å². The van der Waals surface area contributed by atoms with E-state index >= 15 is 0 Å². The van der Waals surface area contributed by atoms with E-state index in [9.17, 15) is 9.59 Å². The lowest BCUT2D eigenvalue weighted by Gasteiger charge is -2.28. The summed E-state index contributed by atoms with van der Waals surface area (Å²) in [5, 5.41) is 5.23. The second kappa shape index (κ2) is 7.22. The lowest BCUT2D eigenvalue weighted by molar-refractivity contribution is -0.123. The average molecular weight is 362 g/mol. The molecule has 0 saturated heterocycles. The van der Waals surface area contributed by atoms with Crippen molar-refractivity contribution >= 4 is 40.0 Å². The summed E-state index contributed by atoms with van der Waals surface area (Å²) in [6.07, 6.45) is 0. The lowest BCUT2D eigenvalue weighted by Crippen LogP contribution is -2.43. The van der Waals surface area contributed by atoms with Crippen molar-refractivity contribution < 1.29 is 9.59 Å². The predicted molar refractivity (Wildman–Crippen MR) is 105 cm³/mol. The number of carbonyl (C=O) groups excluding carboxylic acids is 2. The molecule has 1 N–H and O–H groups in total. The second-order valence-corrected chi connectivity index (χ2v) is 7.17. The molecule has 0 spiro atoms. The molecule has 0 fully saturated rings. The first-order chi connectivity index (χ1) is 12.7. The summed E-state index contributed by atoms with van der Waals surface area (Å²) in [5.41, 5.74) is 1.88. The van der Waals surface area contributed by atoms with Crippen molar-refractivity contribution in [1.29, 1.82) is 0 Å². The number of hydrogen-bond acceptors (Lipinski definition) is 3. The molecule has 0 radical (unpaired) electrons. The van der Waals surface area contributed by atoms with Crippen molar-refractivity contribution in [3.05, 3.63) is 72.3 Å². The topological polar surface area (TPSA) is 49.4 Å². The summed E-state index contributed by atoms with van der Waals surface area (Å²) in [4.78, 5) is 27.3. The molecule has 0 saturated carbocycles. The number of thioether (sulfide) groups is 1. The van der Waals surface area contributed by atoms with Crippen LogP contribution in [0.5, 0.6) is 0 Å². The fraction of sp³-hybridized carbons (Fsp3) is 0.143. The molecule has 0 aromatic heterocycles. The molecule has 1 heterocycles. The number of carbonyl (C=O) groups is 2. The molecule has 2 amide bonds. The summed E-state index contributed by atoms with van der Waals surface area (Å²) in [7, 11) is 0.